The average molecular weight is 214 g/mol. The minimum atomic E-state index is -0.701. The summed E-state index contributed by atoms with van der Waals surface area (Å²) in [6, 6.07) is 0. The molecule has 86 valence electrons. The highest BCUT2D eigenvalue weighted by Gasteiger charge is 2.32. The first-order valence-corrected chi connectivity index (χ1v) is 5.40. The van der Waals surface area contributed by atoms with Crippen LogP contribution in [0.25, 0.3) is 0 Å². The second kappa shape index (κ2) is 5.73. The maximum absolute atomic E-state index is 11.4. The zero-order valence-corrected chi connectivity index (χ0v) is 9.32. The smallest absolute Gasteiger partial charge is 0.347 e. The van der Waals surface area contributed by atoms with Crippen molar-refractivity contribution in [3.05, 3.63) is 0 Å². The van der Waals surface area contributed by atoms with E-state index in [2.05, 4.69) is 4.74 Å². The quantitative estimate of drug-likeness (QED) is 0.670. The molecule has 0 spiro atoms. The van der Waals surface area contributed by atoms with Crippen molar-refractivity contribution in [2.24, 2.45) is 5.92 Å². The van der Waals surface area contributed by atoms with Crippen molar-refractivity contribution in [2.45, 2.75) is 45.1 Å². The summed E-state index contributed by atoms with van der Waals surface area (Å²) in [6.07, 6.45) is 4.57. The Morgan fingerprint density at radius 3 is 2.27 bits per heavy atom. The molecule has 1 saturated carbocycles. The first kappa shape index (κ1) is 12.0. The zero-order chi connectivity index (χ0) is 11.3. The Hall–Kier alpha value is -1.06. The molecule has 0 heterocycles. The lowest BCUT2D eigenvalue weighted by atomic mass is 9.85. The van der Waals surface area contributed by atoms with Crippen LogP contribution in [0, 0.1) is 5.92 Å². The highest BCUT2D eigenvalue weighted by molar-refractivity contribution is 5.78. The summed E-state index contributed by atoms with van der Waals surface area (Å²) in [6.45, 7) is 1.32. The minimum absolute atomic E-state index is 0.134. The molecule has 0 amide bonds. The van der Waals surface area contributed by atoms with Crippen LogP contribution < -0.4 is 0 Å². The van der Waals surface area contributed by atoms with E-state index in [1.54, 1.807) is 0 Å². The van der Waals surface area contributed by atoms with Crippen LogP contribution in [0.1, 0.15) is 39.0 Å². The fourth-order valence-electron chi connectivity index (χ4n) is 2.07. The fraction of sp³-hybridized carbons (Fsp3) is 0.818. The average Bonchev–Trinajstić information content (AvgIpc) is 2.26. The number of hydrogen-bond acceptors (Lipinski definition) is 4. The Balaban J connectivity index is 2.60. The van der Waals surface area contributed by atoms with E-state index in [1.807, 2.05) is 0 Å². The summed E-state index contributed by atoms with van der Waals surface area (Å²) >= 11 is 0. The summed E-state index contributed by atoms with van der Waals surface area (Å²) in [7, 11) is 1.32. The highest BCUT2D eigenvalue weighted by atomic mass is 16.6. The highest BCUT2D eigenvalue weighted by Crippen LogP contribution is 2.28. The van der Waals surface area contributed by atoms with Gasteiger partial charge in [0, 0.05) is 12.8 Å². The van der Waals surface area contributed by atoms with E-state index < -0.39 is 18.0 Å². The molecule has 0 unspecified atom stereocenters. The molecule has 0 aromatic carbocycles. The Morgan fingerprint density at radius 2 is 1.80 bits per heavy atom. The van der Waals surface area contributed by atoms with Crippen LogP contribution in [0.5, 0.6) is 0 Å². The molecule has 0 radical (unpaired) electrons. The van der Waals surface area contributed by atoms with Crippen molar-refractivity contribution in [3.8, 4) is 0 Å². The van der Waals surface area contributed by atoms with Gasteiger partial charge in [0.2, 0.25) is 6.10 Å². The lowest BCUT2D eigenvalue weighted by Crippen LogP contribution is -2.36. The zero-order valence-electron chi connectivity index (χ0n) is 9.32. The summed E-state index contributed by atoms with van der Waals surface area (Å²) in [4.78, 5) is 22.3. The molecule has 4 nitrogen and oxygen atoms in total. The van der Waals surface area contributed by atoms with Gasteiger partial charge in [-0.15, -0.1) is 0 Å². The van der Waals surface area contributed by atoms with Crippen molar-refractivity contribution in [1.82, 2.24) is 0 Å². The van der Waals surface area contributed by atoms with E-state index in [-0.39, 0.29) is 5.92 Å². The molecule has 0 aromatic rings. The van der Waals surface area contributed by atoms with E-state index in [0.29, 0.717) is 0 Å². The molecule has 0 aliphatic heterocycles. The monoisotopic (exact) mass is 214 g/mol. The SMILES string of the molecule is COC(=O)[C@@H](OC(C)=O)C1CCCCC1. The molecule has 4 heteroatoms. The van der Waals surface area contributed by atoms with Gasteiger partial charge in [-0.25, -0.2) is 4.79 Å². The minimum Gasteiger partial charge on any atom is -0.466 e. The molecular weight excluding hydrogens is 196 g/mol. The number of hydrogen-bond donors (Lipinski definition) is 0. The van der Waals surface area contributed by atoms with E-state index in [1.165, 1.54) is 20.5 Å². The molecule has 1 fully saturated rings. The Morgan fingerprint density at radius 1 is 1.20 bits per heavy atom. The maximum atomic E-state index is 11.4. The first-order chi connectivity index (χ1) is 7.15. The topological polar surface area (TPSA) is 52.6 Å². The van der Waals surface area contributed by atoms with Crippen LogP contribution in [0.3, 0.4) is 0 Å². The van der Waals surface area contributed by atoms with E-state index in [4.69, 9.17) is 4.74 Å². The van der Waals surface area contributed by atoms with Gasteiger partial charge >= 0.3 is 11.9 Å². The Kier molecular flexibility index (Phi) is 4.59. The summed E-state index contributed by atoms with van der Waals surface area (Å²) < 4.78 is 9.68. The van der Waals surface area contributed by atoms with Crippen LogP contribution in [0.4, 0.5) is 0 Å². The second-order valence-corrected chi connectivity index (χ2v) is 3.95. The Bertz CT molecular complexity index is 231. The van der Waals surface area contributed by atoms with E-state index in [0.717, 1.165) is 25.7 Å². The molecule has 0 N–H and O–H groups in total. The van der Waals surface area contributed by atoms with Gasteiger partial charge in [-0.3, -0.25) is 4.79 Å². The van der Waals surface area contributed by atoms with Crippen LogP contribution in [-0.2, 0) is 19.1 Å². The summed E-state index contributed by atoms with van der Waals surface area (Å²) in [5.74, 6) is -0.719. The van der Waals surface area contributed by atoms with Gasteiger partial charge in [-0.1, -0.05) is 19.3 Å². The largest absolute Gasteiger partial charge is 0.466 e. The number of ether oxygens (including phenoxy) is 2. The Labute approximate surface area is 89.9 Å². The number of carbonyl (C=O) groups excluding carboxylic acids is 2. The van der Waals surface area contributed by atoms with Crippen LogP contribution in [0.2, 0.25) is 0 Å². The maximum Gasteiger partial charge on any atom is 0.347 e. The number of carbonyl (C=O) groups is 2. The third-order valence-electron chi connectivity index (χ3n) is 2.80. The molecule has 0 bridgehead atoms. The molecule has 1 aliphatic carbocycles. The third kappa shape index (κ3) is 3.53. The van der Waals surface area contributed by atoms with Crippen LogP contribution in [-0.4, -0.2) is 25.2 Å². The van der Waals surface area contributed by atoms with Crippen molar-refractivity contribution >= 4 is 11.9 Å². The van der Waals surface area contributed by atoms with Crippen LogP contribution >= 0.6 is 0 Å². The second-order valence-electron chi connectivity index (χ2n) is 3.95. The normalized spacial score (nSPS) is 19.3. The molecule has 1 atom stereocenters. The number of methoxy groups -OCH3 is 1. The third-order valence-corrected chi connectivity index (χ3v) is 2.80. The van der Waals surface area contributed by atoms with Gasteiger partial charge < -0.3 is 9.47 Å². The molecule has 15 heavy (non-hydrogen) atoms. The summed E-state index contributed by atoms with van der Waals surface area (Å²) in [5.41, 5.74) is 0. The molecular formula is C11H18O4. The van der Waals surface area contributed by atoms with Gasteiger partial charge in [0.05, 0.1) is 7.11 Å². The predicted molar refractivity (Wildman–Crippen MR) is 54.1 cm³/mol. The van der Waals surface area contributed by atoms with Gasteiger partial charge in [0.1, 0.15) is 0 Å². The summed E-state index contributed by atoms with van der Waals surface area (Å²) in [5, 5.41) is 0. The van der Waals surface area contributed by atoms with E-state index >= 15 is 0 Å². The van der Waals surface area contributed by atoms with Gasteiger partial charge in [-0.2, -0.15) is 0 Å². The lowest BCUT2D eigenvalue weighted by Gasteiger charge is -2.27. The molecule has 1 rings (SSSR count). The van der Waals surface area contributed by atoms with Gasteiger partial charge in [0.15, 0.2) is 0 Å². The van der Waals surface area contributed by atoms with Gasteiger partial charge in [0.25, 0.3) is 0 Å². The van der Waals surface area contributed by atoms with Crippen molar-refractivity contribution in [1.29, 1.82) is 0 Å². The van der Waals surface area contributed by atoms with Crippen molar-refractivity contribution in [3.63, 3.8) is 0 Å². The van der Waals surface area contributed by atoms with Gasteiger partial charge in [-0.05, 0) is 12.8 Å². The standard InChI is InChI=1S/C11H18O4/c1-8(12)15-10(11(13)14-2)9-6-4-3-5-7-9/h9-10H,3-7H2,1-2H3/t10-/m0/s1. The first-order valence-electron chi connectivity index (χ1n) is 5.40. The van der Waals surface area contributed by atoms with E-state index in [9.17, 15) is 9.59 Å². The molecule has 0 saturated heterocycles. The predicted octanol–water partition coefficient (Wildman–Crippen LogP) is 1.67. The number of esters is 2. The van der Waals surface area contributed by atoms with Crippen molar-refractivity contribution < 1.29 is 19.1 Å². The molecule has 1 aliphatic rings. The van der Waals surface area contributed by atoms with Crippen LogP contribution in [0.15, 0.2) is 0 Å². The molecule has 0 aromatic heterocycles. The van der Waals surface area contributed by atoms with Crippen molar-refractivity contribution in [2.75, 3.05) is 7.11 Å². The fourth-order valence-corrected chi connectivity index (χ4v) is 2.07. The lowest BCUT2D eigenvalue weighted by molar-refractivity contribution is -0.169. The number of rotatable bonds is 3.